The number of rotatable bonds is 10. The third kappa shape index (κ3) is 8.07. The second kappa shape index (κ2) is 13.1. The fourth-order valence-electron chi connectivity index (χ4n) is 3.64. The number of hydrogen-bond donors (Lipinski definition) is 2. The van der Waals surface area contributed by atoms with Crippen LogP contribution in [-0.4, -0.2) is 59.9 Å². The number of ether oxygens (including phenoxy) is 1. The van der Waals surface area contributed by atoms with E-state index in [9.17, 15) is 5.11 Å². The van der Waals surface area contributed by atoms with Crippen LogP contribution >= 0.6 is 0 Å². The Morgan fingerprint density at radius 1 is 0.919 bits per heavy atom. The number of para-hydroxylation sites is 1. The Morgan fingerprint density at radius 2 is 1.62 bits per heavy atom. The molecule has 188 valence electrons. The first-order chi connectivity index (χ1) is 18.1. The second-order valence-corrected chi connectivity index (χ2v) is 8.70. The Kier molecular flexibility index (Phi) is 9.08. The lowest BCUT2D eigenvalue weighted by atomic mass is 10.2. The number of aliphatic hydroxyl groups excluding tert-OH is 1. The van der Waals surface area contributed by atoms with Gasteiger partial charge in [-0.15, -0.1) is 0 Å². The van der Waals surface area contributed by atoms with Crippen LogP contribution < -0.4 is 15.0 Å². The largest absolute Gasteiger partial charge is 0.491 e. The van der Waals surface area contributed by atoms with Crippen molar-refractivity contribution in [3.8, 4) is 17.6 Å². The molecule has 1 aromatic heterocycles. The predicted molar refractivity (Wildman–Crippen MR) is 149 cm³/mol. The Bertz CT molecular complexity index is 1300. The van der Waals surface area contributed by atoms with Crippen LogP contribution in [0.5, 0.6) is 5.75 Å². The van der Waals surface area contributed by atoms with Crippen molar-refractivity contribution in [2.24, 2.45) is 0 Å². The average Bonchev–Trinajstić information content (AvgIpc) is 2.92. The molecule has 7 heteroatoms. The molecule has 1 atom stereocenters. The second-order valence-electron chi connectivity index (χ2n) is 8.70. The van der Waals surface area contributed by atoms with Gasteiger partial charge in [-0.25, -0.2) is 4.98 Å². The highest BCUT2D eigenvalue weighted by atomic mass is 16.5. The Labute approximate surface area is 218 Å². The van der Waals surface area contributed by atoms with Crippen molar-refractivity contribution in [3.05, 3.63) is 103 Å². The van der Waals surface area contributed by atoms with Crippen molar-refractivity contribution < 1.29 is 9.84 Å². The number of aliphatic hydroxyl groups is 1. The molecule has 0 fully saturated rings. The Balaban J connectivity index is 1.45. The molecule has 37 heavy (non-hydrogen) atoms. The standard InChI is InChI=1S/C30H31N5O2/c1-34(2)22-27(36)23-37-28-17-15-25(16-18-28)32-30-31-20-19-29(33-30)35(26-13-7-4-8-14-26)21-9-12-24-10-5-3-6-11-24/h3-8,10-11,13-20,27,36H,21-23H2,1-2H3,(H,31,32,33). The summed E-state index contributed by atoms with van der Waals surface area (Å²) in [6, 6.07) is 29.3. The Morgan fingerprint density at radius 3 is 2.32 bits per heavy atom. The number of likely N-dealkylation sites (N-methyl/N-ethyl adjacent to an activating group) is 1. The van der Waals surface area contributed by atoms with Gasteiger partial charge in [-0.05, 0) is 68.7 Å². The number of hydrogen-bond acceptors (Lipinski definition) is 7. The summed E-state index contributed by atoms with van der Waals surface area (Å²) in [5.74, 6) is 8.38. The first kappa shape index (κ1) is 25.7. The van der Waals surface area contributed by atoms with Gasteiger partial charge in [-0.3, -0.25) is 0 Å². The molecule has 4 rings (SSSR count). The van der Waals surface area contributed by atoms with Gasteiger partial charge in [0.2, 0.25) is 5.95 Å². The quantitative estimate of drug-likeness (QED) is 0.310. The van der Waals surface area contributed by atoms with Crippen LogP contribution in [0.25, 0.3) is 0 Å². The smallest absolute Gasteiger partial charge is 0.229 e. The summed E-state index contributed by atoms with van der Waals surface area (Å²) < 4.78 is 5.69. The van der Waals surface area contributed by atoms with Crippen molar-refractivity contribution in [1.29, 1.82) is 0 Å². The summed E-state index contributed by atoms with van der Waals surface area (Å²) >= 11 is 0. The molecule has 0 saturated heterocycles. The fraction of sp³-hybridized carbons (Fsp3) is 0.200. The van der Waals surface area contributed by atoms with E-state index < -0.39 is 6.10 Å². The minimum Gasteiger partial charge on any atom is -0.491 e. The number of nitrogens with one attached hydrogen (secondary N) is 1. The van der Waals surface area contributed by atoms with Crippen molar-refractivity contribution in [2.75, 3.05) is 44.0 Å². The molecule has 4 aromatic rings. The van der Waals surface area contributed by atoms with Crippen molar-refractivity contribution >= 4 is 23.1 Å². The fourth-order valence-corrected chi connectivity index (χ4v) is 3.64. The van der Waals surface area contributed by atoms with Gasteiger partial charge in [-0.2, -0.15) is 4.98 Å². The predicted octanol–water partition coefficient (Wildman–Crippen LogP) is 4.71. The molecule has 0 amide bonds. The van der Waals surface area contributed by atoms with E-state index in [0.29, 0.717) is 24.8 Å². The van der Waals surface area contributed by atoms with E-state index in [1.54, 1.807) is 6.20 Å². The summed E-state index contributed by atoms with van der Waals surface area (Å²) in [5, 5.41) is 13.2. The molecule has 0 aliphatic carbocycles. The minimum absolute atomic E-state index is 0.235. The third-order valence-electron chi connectivity index (χ3n) is 5.36. The molecule has 0 saturated carbocycles. The van der Waals surface area contributed by atoms with Crippen LogP contribution in [0, 0.1) is 11.8 Å². The molecule has 0 bridgehead atoms. The molecule has 1 unspecified atom stereocenters. The SMILES string of the molecule is CN(C)CC(O)COc1ccc(Nc2nccc(N(CC#Cc3ccccc3)c3ccccc3)n2)cc1. The van der Waals surface area contributed by atoms with Gasteiger partial charge in [0.15, 0.2) is 0 Å². The van der Waals surface area contributed by atoms with E-state index in [0.717, 1.165) is 22.8 Å². The molecule has 7 nitrogen and oxygen atoms in total. The van der Waals surface area contributed by atoms with E-state index in [1.165, 1.54) is 0 Å². The van der Waals surface area contributed by atoms with E-state index in [4.69, 9.17) is 9.72 Å². The molecular formula is C30H31N5O2. The summed E-state index contributed by atoms with van der Waals surface area (Å²) in [4.78, 5) is 13.1. The molecular weight excluding hydrogens is 462 g/mol. The molecule has 0 radical (unpaired) electrons. The maximum atomic E-state index is 9.99. The summed E-state index contributed by atoms with van der Waals surface area (Å²) in [5.41, 5.74) is 2.79. The van der Waals surface area contributed by atoms with Crippen LogP contribution in [0.3, 0.4) is 0 Å². The van der Waals surface area contributed by atoms with Crippen molar-refractivity contribution in [3.63, 3.8) is 0 Å². The van der Waals surface area contributed by atoms with Crippen LogP contribution in [0.4, 0.5) is 23.1 Å². The van der Waals surface area contributed by atoms with Gasteiger partial charge in [0, 0.05) is 29.7 Å². The van der Waals surface area contributed by atoms with E-state index in [2.05, 4.69) is 27.0 Å². The minimum atomic E-state index is -0.547. The lowest BCUT2D eigenvalue weighted by Gasteiger charge is -2.21. The molecule has 0 spiro atoms. The maximum Gasteiger partial charge on any atom is 0.229 e. The molecule has 0 aliphatic heterocycles. The van der Waals surface area contributed by atoms with Crippen LogP contribution in [0.15, 0.2) is 97.2 Å². The molecule has 0 aliphatic rings. The highest BCUT2D eigenvalue weighted by Gasteiger charge is 2.11. The van der Waals surface area contributed by atoms with Gasteiger partial charge in [0.1, 0.15) is 24.3 Å². The van der Waals surface area contributed by atoms with Gasteiger partial charge in [-0.1, -0.05) is 48.2 Å². The highest BCUT2D eigenvalue weighted by molar-refractivity contribution is 5.63. The van der Waals surface area contributed by atoms with Crippen molar-refractivity contribution in [1.82, 2.24) is 14.9 Å². The first-order valence-electron chi connectivity index (χ1n) is 12.1. The highest BCUT2D eigenvalue weighted by Crippen LogP contribution is 2.25. The first-order valence-corrected chi connectivity index (χ1v) is 12.1. The van der Waals surface area contributed by atoms with Gasteiger partial charge in [0.25, 0.3) is 0 Å². The van der Waals surface area contributed by atoms with Crippen LogP contribution in [0.2, 0.25) is 0 Å². The zero-order valence-electron chi connectivity index (χ0n) is 21.1. The Hall–Kier alpha value is -4.38. The normalized spacial score (nSPS) is 11.4. The zero-order valence-corrected chi connectivity index (χ0v) is 21.1. The van der Waals surface area contributed by atoms with Crippen LogP contribution in [0.1, 0.15) is 5.56 Å². The lowest BCUT2D eigenvalue weighted by Crippen LogP contribution is -2.30. The zero-order chi connectivity index (χ0) is 25.9. The monoisotopic (exact) mass is 493 g/mol. The molecule has 2 N–H and O–H groups in total. The number of benzene rings is 3. The number of anilines is 4. The van der Waals surface area contributed by atoms with Gasteiger partial charge >= 0.3 is 0 Å². The van der Waals surface area contributed by atoms with E-state index >= 15 is 0 Å². The number of nitrogens with zero attached hydrogens (tertiary/aromatic N) is 4. The van der Waals surface area contributed by atoms with Gasteiger partial charge < -0.3 is 25.0 Å². The average molecular weight is 494 g/mol. The van der Waals surface area contributed by atoms with E-state index in [1.807, 2.05) is 110 Å². The van der Waals surface area contributed by atoms with E-state index in [-0.39, 0.29) is 6.61 Å². The summed E-state index contributed by atoms with van der Waals surface area (Å²) in [6.45, 7) is 1.25. The van der Waals surface area contributed by atoms with Crippen molar-refractivity contribution in [2.45, 2.75) is 6.10 Å². The number of aromatic nitrogens is 2. The summed E-state index contributed by atoms with van der Waals surface area (Å²) in [6.07, 6.45) is 1.18. The van der Waals surface area contributed by atoms with Gasteiger partial charge in [0.05, 0.1) is 6.54 Å². The lowest BCUT2D eigenvalue weighted by molar-refractivity contribution is 0.0831. The molecule has 3 aromatic carbocycles. The topological polar surface area (TPSA) is 73.8 Å². The maximum absolute atomic E-state index is 9.99. The summed E-state index contributed by atoms with van der Waals surface area (Å²) in [7, 11) is 3.83. The van der Waals surface area contributed by atoms with Crippen LogP contribution in [-0.2, 0) is 0 Å². The molecule has 1 heterocycles. The third-order valence-corrected chi connectivity index (χ3v) is 5.36.